The highest BCUT2D eigenvalue weighted by molar-refractivity contribution is 5.95. The van der Waals surface area contributed by atoms with Gasteiger partial charge in [-0.05, 0) is 37.1 Å². The molecule has 1 fully saturated rings. The predicted octanol–water partition coefficient (Wildman–Crippen LogP) is 3.52. The summed E-state index contributed by atoms with van der Waals surface area (Å²) in [5, 5.41) is 6.28. The van der Waals surface area contributed by atoms with Crippen molar-refractivity contribution in [3.05, 3.63) is 72.3 Å². The molecule has 5 rings (SSSR count). The monoisotopic (exact) mass is 384 g/mol. The van der Waals surface area contributed by atoms with Crippen LogP contribution < -0.4 is 10.6 Å². The summed E-state index contributed by atoms with van der Waals surface area (Å²) in [5.41, 5.74) is 4.35. The zero-order valence-electron chi connectivity index (χ0n) is 15.7. The van der Waals surface area contributed by atoms with Gasteiger partial charge in [0, 0.05) is 23.2 Å². The number of benzene rings is 2. The number of aromatic amines is 1. The molecule has 2 aromatic heterocycles. The van der Waals surface area contributed by atoms with Crippen LogP contribution in [0.5, 0.6) is 0 Å². The number of anilines is 1. The van der Waals surface area contributed by atoms with Gasteiger partial charge in [-0.25, -0.2) is 15.0 Å². The lowest BCUT2D eigenvalue weighted by atomic mass is 10.1. The average molecular weight is 384 g/mol. The molecular weight excluding hydrogens is 364 g/mol. The first-order valence-electron chi connectivity index (χ1n) is 9.65. The van der Waals surface area contributed by atoms with Gasteiger partial charge < -0.3 is 15.6 Å². The van der Waals surface area contributed by atoms with Crippen LogP contribution in [0.4, 0.5) is 5.82 Å². The second kappa shape index (κ2) is 7.35. The van der Waals surface area contributed by atoms with Crippen molar-refractivity contribution in [3.63, 3.8) is 0 Å². The highest BCUT2D eigenvalue weighted by Gasteiger charge is 2.23. The summed E-state index contributed by atoms with van der Waals surface area (Å²) in [5.74, 6) is 1.54. The Bertz CT molecular complexity index is 1130. The number of rotatable bonds is 6. The molecule has 1 aliphatic rings. The summed E-state index contributed by atoms with van der Waals surface area (Å²) in [6.45, 7) is 0.533. The molecule has 0 spiro atoms. The van der Waals surface area contributed by atoms with E-state index in [-0.39, 0.29) is 5.91 Å². The first-order chi connectivity index (χ1) is 14.2. The van der Waals surface area contributed by atoms with Gasteiger partial charge in [-0.3, -0.25) is 4.79 Å². The third-order valence-corrected chi connectivity index (χ3v) is 4.90. The van der Waals surface area contributed by atoms with E-state index in [2.05, 4.69) is 30.6 Å². The largest absolute Gasteiger partial charge is 0.363 e. The number of fused-ring (bicyclic) bond motifs is 1. The van der Waals surface area contributed by atoms with Crippen molar-refractivity contribution in [2.24, 2.45) is 0 Å². The van der Waals surface area contributed by atoms with Gasteiger partial charge in [-0.15, -0.1) is 0 Å². The lowest BCUT2D eigenvalue weighted by Gasteiger charge is -2.07. The average Bonchev–Trinajstić information content (AvgIpc) is 3.47. The Kier molecular flexibility index (Phi) is 4.40. The van der Waals surface area contributed by atoms with Crippen molar-refractivity contribution < 1.29 is 4.79 Å². The number of para-hydroxylation sites is 2. The second-order valence-electron chi connectivity index (χ2n) is 7.17. The molecule has 0 aliphatic heterocycles. The quantitative estimate of drug-likeness (QED) is 0.473. The predicted molar refractivity (Wildman–Crippen MR) is 111 cm³/mol. The third-order valence-electron chi connectivity index (χ3n) is 4.90. The van der Waals surface area contributed by atoms with Crippen LogP contribution in [0, 0.1) is 0 Å². The molecule has 0 atom stereocenters. The Morgan fingerprint density at radius 2 is 1.90 bits per heavy atom. The molecule has 144 valence electrons. The van der Waals surface area contributed by atoms with Gasteiger partial charge >= 0.3 is 0 Å². The van der Waals surface area contributed by atoms with Crippen molar-refractivity contribution in [1.29, 1.82) is 0 Å². The van der Waals surface area contributed by atoms with E-state index in [0.717, 1.165) is 41.0 Å². The van der Waals surface area contributed by atoms with Gasteiger partial charge in [-0.1, -0.05) is 24.3 Å². The van der Waals surface area contributed by atoms with E-state index in [1.165, 1.54) is 6.33 Å². The first-order valence-corrected chi connectivity index (χ1v) is 9.65. The van der Waals surface area contributed by atoms with Crippen LogP contribution in [0.1, 0.15) is 29.0 Å². The number of nitrogens with zero attached hydrogens (tertiary/aromatic N) is 3. The van der Waals surface area contributed by atoms with Gasteiger partial charge in [0.25, 0.3) is 5.91 Å². The summed E-state index contributed by atoms with van der Waals surface area (Å²) < 4.78 is 0. The van der Waals surface area contributed by atoms with E-state index >= 15 is 0 Å². The topological polar surface area (TPSA) is 95.6 Å². The molecule has 2 heterocycles. The Hall–Kier alpha value is -3.74. The summed E-state index contributed by atoms with van der Waals surface area (Å²) >= 11 is 0. The molecule has 2 aromatic carbocycles. The normalized spacial score (nSPS) is 13.4. The molecule has 3 N–H and O–H groups in total. The number of nitrogens with one attached hydrogen (secondary N) is 3. The molecule has 1 amide bonds. The second-order valence-corrected chi connectivity index (χ2v) is 7.17. The zero-order chi connectivity index (χ0) is 19.6. The smallest absolute Gasteiger partial charge is 0.251 e. The number of carbonyl (C=O) groups is 1. The van der Waals surface area contributed by atoms with Gasteiger partial charge in [0.2, 0.25) is 0 Å². The SMILES string of the molecule is O=C(NC1CC1)c1ccc(-c2cc(NCc3nc4ccccc4[nH]3)ncn2)cc1. The fraction of sp³-hybridized carbons (Fsp3) is 0.182. The number of hydrogen-bond acceptors (Lipinski definition) is 5. The van der Waals surface area contributed by atoms with Crippen LogP contribution in [0.2, 0.25) is 0 Å². The molecule has 1 aliphatic carbocycles. The van der Waals surface area contributed by atoms with Gasteiger partial charge in [0.15, 0.2) is 0 Å². The van der Waals surface area contributed by atoms with Crippen molar-refractivity contribution in [1.82, 2.24) is 25.3 Å². The van der Waals surface area contributed by atoms with Crippen LogP contribution in [-0.2, 0) is 6.54 Å². The van der Waals surface area contributed by atoms with Gasteiger partial charge in [-0.2, -0.15) is 0 Å². The Labute approximate surface area is 167 Å². The molecule has 4 aromatic rings. The van der Waals surface area contributed by atoms with E-state index in [9.17, 15) is 4.79 Å². The lowest BCUT2D eigenvalue weighted by molar-refractivity contribution is 0.0951. The van der Waals surface area contributed by atoms with E-state index in [1.54, 1.807) is 0 Å². The minimum absolute atomic E-state index is 0.0186. The number of imidazole rings is 1. The fourth-order valence-electron chi connectivity index (χ4n) is 3.16. The molecular formula is C22H20N6O. The summed E-state index contributed by atoms with van der Waals surface area (Å²) in [6, 6.07) is 17.7. The summed E-state index contributed by atoms with van der Waals surface area (Å²) in [4.78, 5) is 28.6. The summed E-state index contributed by atoms with van der Waals surface area (Å²) in [7, 11) is 0. The Morgan fingerprint density at radius 3 is 2.69 bits per heavy atom. The van der Waals surface area contributed by atoms with E-state index in [1.807, 2.05) is 54.6 Å². The molecule has 0 unspecified atom stereocenters. The maximum absolute atomic E-state index is 12.1. The standard InChI is InChI=1S/C22H20N6O/c29-22(26-16-9-10-16)15-7-5-14(6-8-15)19-11-20(25-13-24-19)23-12-21-27-17-3-1-2-4-18(17)28-21/h1-8,11,13,16H,9-10,12H2,(H,26,29)(H,27,28)(H,23,24,25). The highest BCUT2D eigenvalue weighted by atomic mass is 16.1. The van der Waals surface area contributed by atoms with Crippen molar-refractivity contribution in [2.45, 2.75) is 25.4 Å². The van der Waals surface area contributed by atoms with E-state index in [4.69, 9.17) is 0 Å². The molecule has 0 radical (unpaired) electrons. The van der Waals surface area contributed by atoms with Crippen LogP contribution in [0.15, 0.2) is 60.9 Å². The molecule has 29 heavy (non-hydrogen) atoms. The zero-order valence-corrected chi connectivity index (χ0v) is 15.7. The van der Waals surface area contributed by atoms with Crippen molar-refractivity contribution in [3.8, 4) is 11.3 Å². The number of hydrogen-bond donors (Lipinski definition) is 3. The molecule has 1 saturated carbocycles. The number of H-pyrrole nitrogens is 1. The van der Waals surface area contributed by atoms with Gasteiger partial charge in [0.1, 0.15) is 18.0 Å². The highest BCUT2D eigenvalue weighted by Crippen LogP contribution is 2.22. The maximum atomic E-state index is 12.1. The number of carbonyl (C=O) groups excluding carboxylic acids is 1. The van der Waals surface area contributed by atoms with Crippen molar-refractivity contribution >= 4 is 22.8 Å². The van der Waals surface area contributed by atoms with Crippen LogP contribution in [0.25, 0.3) is 22.3 Å². The molecule has 7 nitrogen and oxygen atoms in total. The third kappa shape index (κ3) is 3.94. The first kappa shape index (κ1) is 17.4. The van der Waals surface area contributed by atoms with Gasteiger partial charge in [0.05, 0.1) is 23.3 Å². The van der Waals surface area contributed by atoms with Crippen LogP contribution >= 0.6 is 0 Å². The fourth-order valence-corrected chi connectivity index (χ4v) is 3.16. The maximum Gasteiger partial charge on any atom is 0.251 e. The van der Waals surface area contributed by atoms with Crippen LogP contribution in [-0.4, -0.2) is 31.9 Å². The Morgan fingerprint density at radius 1 is 1.07 bits per heavy atom. The number of amides is 1. The Balaban J connectivity index is 1.28. The van der Waals surface area contributed by atoms with E-state index in [0.29, 0.717) is 24.0 Å². The summed E-state index contributed by atoms with van der Waals surface area (Å²) in [6.07, 6.45) is 3.69. The molecule has 0 saturated heterocycles. The molecule has 0 bridgehead atoms. The number of aromatic nitrogens is 4. The molecule has 7 heteroatoms. The van der Waals surface area contributed by atoms with E-state index < -0.39 is 0 Å². The van der Waals surface area contributed by atoms with Crippen molar-refractivity contribution in [2.75, 3.05) is 5.32 Å². The lowest BCUT2D eigenvalue weighted by Crippen LogP contribution is -2.25. The minimum atomic E-state index is -0.0186. The minimum Gasteiger partial charge on any atom is -0.363 e. The van der Waals surface area contributed by atoms with Crippen LogP contribution in [0.3, 0.4) is 0 Å².